The van der Waals surface area contributed by atoms with E-state index in [0.717, 1.165) is 35.9 Å². The zero-order valence-electron chi connectivity index (χ0n) is 16.2. The number of ether oxygens (including phenoxy) is 2. The van der Waals surface area contributed by atoms with Gasteiger partial charge in [-0.25, -0.2) is 4.99 Å². The molecule has 0 aliphatic carbocycles. The molecule has 146 valence electrons. The Hall–Kier alpha value is -1.51. The average molecular weight is 475 g/mol. The molecule has 1 saturated heterocycles. The van der Waals surface area contributed by atoms with Crippen molar-refractivity contribution in [2.45, 2.75) is 27.3 Å². The van der Waals surface area contributed by atoms with Gasteiger partial charge in [0, 0.05) is 19.6 Å². The number of carbonyl (C=O) groups excluding carboxylic acids is 1. The third-order valence-corrected chi connectivity index (χ3v) is 4.51. The third kappa shape index (κ3) is 5.75. The molecule has 2 rings (SSSR count). The summed E-state index contributed by atoms with van der Waals surface area (Å²) in [5, 5.41) is 3.33. The Morgan fingerprint density at radius 1 is 1.31 bits per heavy atom. The number of nitrogens with one attached hydrogen (secondary N) is 1. The molecule has 0 radical (unpaired) electrons. The normalized spacial score (nSPS) is 19.7. The summed E-state index contributed by atoms with van der Waals surface area (Å²) >= 11 is 0. The molecule has 0 saturated carbocycles. The lowest BCUT2D eigenvalue weighted by Gasteiger charge is -2.21. The Bertz CT molecular complexity index is 636. The van der Waals surface area contributed by atoms with Crippen molar-refractivity contribution in [2.75, 3.05) is 33.9 Å². The van der Waals surface area contributed by atoms with Crippen LogP contribution in [-0.2, 0) is 16.1 Å². The van der Waals surface area contributed by atoms with Gasteiger partial charge in [-0.05, 0) is 43.0 Å². The van der Waals surface area contributed by atoms with Gasteiger partial charge in [-0.1, -0.05) is 13.0 Å². The standard InChI is InChI=1S/C19H29N3O3.HI/c1-6-20-19(22-11-14(3)17(12-22)18(23)25-5)21-10-15-7-13(2)8-16(9-15)24-4;/h7-9,14,17H,6,10-12H2,1-5H3,(H,20,21);1H. The van der Waals surface area contributed by atoms with Crippen molar-refractivity contribution in [3.63, 3.8) is 0 Å². The fourth-order valence-electron chi connectivity index (χ4n) is 3.22. The van der Waals surface area contributed by atoms with Crippen LogP contribution in [0.5, 0.6) is 5.75 Å². The van der Waals surface area contributed by atoms with Gasteiger partial charge in [-0.2, -0.15) is 0 Å². The number of esters is 1. The number of guanidine groups is 1. The highest BCUT2D eigenvalue weighted by Gasteiger charge is 2.36. The lowest BCUT2D eigenvalue weighted by Crippen LogP contribution is -2.40. The van der Waals surface area contributed by atoms with Gasteiger partial charge in [-0.3, -0.25) is 4.79 Å². The van der Waals surface area contributed by atoms with Gasteiger partial charge in [0.05, 0.1) is 26.7 Å². The number of methoxy groups -OCH3 is 2. The topological polar surface area (TPSA) is 63.2 Å². The number of hydrogen-bond acceptors (Lipinski definition) is 4. The number of likely N-dealkylation sites (tertiary alicyclic amines) is 1. The van der Waals surface area contributed by atoms with Gasteiger partial charge < -0.3 is 19.7 Å². The van der Waals surface area contributed by atoms with E-state index in [9.17, 15) is 4.79 Å². The number of hydrogen-bond donors (Lipinski definition) is 1. The highest BCUT2D eigenvalue weighted by molar-refractivity contribution is 14.0. The molecule has 7 heteroatoms. The fourth-order valence-corrected chi connectivity index (χ4v) is 3.22. The minimum absolute atomic E-state index is 0. The van der Waals surface area contributed by atoms with Crippen LogP contribution in [0.4, 0.5) is 0 Å². The second-order valence-electron chi connectivity index (χ2n) is 6.54. The molecule has 2 unspecified atom stereocenters. The number of aryl methyl sites for hydroxylation is 1. The Kier molecular flexibility index (Phi) is 9.18. The Balaban J connectivity index is 0.00000338. The molecule has 0 bridgehead atoms. The summed E-state index contributed by atoms with van der Waals surface area (Å²) in [6.07, 6.45) is 0. The van der Waals surface area contributed by atoms with Crippen LogP contribution in [0, 0.1) is 18.8 Å². The van der Waals surface area contributed by atoms with Crippen LogP contribution in [0.3, 0.4) is 0 Å². The minimum Gasteiger partial charge on any atom is -0.497 e. The molecule has 26 heavy (non-hydrogen) atoms. The molecule has 0 amide bonds. The highest BCUT2D eigenvalue weighted by atomic mass is 127. The summed E-state index contributed by atoms with van der Waals surface area (Å²) in [6, 6.07) is 6.12. The van der Waals surface area contributed by atoms with Crippen LogP contribution in [0.15, 0.2) is 23.2 Å². The first-order valence-corrected chi connectivity index (χ1v) is 8.74. The Labute approximate surface area is 173 Å². The largest absolute Gasteiger partial charge is 0.497 e. The van der Waals surface area contributed by atoms with E-state index in [1.807, 2.05) is 26.0 Å². The van der Waals surface area contributed by atoms with E-state index >= 15 is 0 Å². The smallest absolute Gasteiger partial charge is 0.310 e. The first-order valence-electron chi connectivity index (χ1n) is 8.74. The van der Waals surface area contributed by atoms with Gasteiger partial charge in [0.2, 0.25) is 0 Å². The van der Waals surface area contributed by atoms with Crippen molar-refractivity contribution in [3.8, 4) is 5.75 Å². The molecule has 1 N–H and O–H groups in total. The zero-order chi connectivity index (χ0) is 18.4. The van der Waals surface area contributed by atoms with Crippen molar-refractivity contribution in [2.24, 2.45) is 16.8 Å². The maximum atomic E-state index is 11.9. The van der Waals surface area contributed by atoms with E-state index in [1.54, 1.807) is 7.11 Å². The SMILES string of the molecule is CCNC(=NCc1cc(C)cc(OC)c1)N1CC(C)C(C(=O)OC)C1.I. The molecule has 2 atom stereocenters. The molecule has 1 aromatic carbocycles. The van der Waals surface area contributed by atoms with Crippen LogP contribution in [-0.4, -0.2) is 50.7 Å². The molecule has 0 aromatic heterocycles. The summed E-state index contributed by atoms with van der Waals surface area (Å²) in [4.78, 5) is 18.8. The van der Waals surface area contributed by atoms with Crippen LogP contribution in [0.2, 0.25) is 0 Å². The molecule has 0 spiro atoms. The van der Waals surface area contributed by atoms with E-state index in [1.165, 1.54) is 7.11 Å². The average Bonchev–Trinajstić information content (AvgIpc) is 2.99. The molecule has 6 nitrogen and oxygen atoms in total. The second-order valence-corrected chi connectivity index (χ2v) is 6.54. The molecular weight excluding hydrogens is 445 g/mol. The molecule has 1 aromatic rings. The maximum absolute atomic E-state index is 11.9. The molecule has 1 aliphatic rings. The van der Waals surface area contributed by atoms with Gasteiger partial charge in [-0.15, -0.1) is 24.0 Å². The summed E-state index contributed by atoms with van der Waals surface area (Å²) in [5.74, 6) is 1.68. The summed E-state index contributed by atoms with van der Waals surface area (Å²) in [7, 11) is 3.12. The van der Waals surface area contributed by atoms with Gasteiger partial charge in [0.1, 0.15) is 5.75 Å². The number of carbonyl (C=O) groups is 1. The van der Waals surface area contributed by atoms with Crippen LogP contribution in [0.25, 0.3) is 0 Å². The lowest BCUT2D eigenvalue weighted by molar-refractivity contribution is -0.145. The number of benzene rings is 1. The van der Waals surface area contributed by atoms with Gasteiger partial charge >= 0.3 is 5.97 Å². The number of halogens is 1. The van der Waals surface area contributed by atoms with E-state index < -0.39 is 0 Å². The van der Waals surface area contributed by atoms with Crippen LogP contribution in [0.1, 0.15) is 25.0 Å². The van der Waals surface area contributed by atoms with E-state index in [0.29, 0.717) is 13.1 Å². The molecule has 1 aliphatic heterocycles. The predicted molar refractivity (Wildman–Crippen MR) is 114 cm³/mol. The van der Waals surface area contributed by atoms with Crippen molar-refractivity contribution in [3.05, 3.63) is 29.3 Å². The quantitative estimate of drug-likeness (QED) is 0.307. The van der Waals surface area contributed by atoms with Gasteiger partial charge in [0.25, 0.3) is 0 Å². The van der Waals surface area contributed by atoms with Crippen molar-refractivity contribution in [1.82, 2.24) is 10.2 Å². The fraction of sp³-hybridized carbons (Fsp3) is 0.579. The lowest BCUT2D eigenvalue weighted by atomic mass is 9.99. The number of nitrogens with zero attached hydrogens (tertiary/aromatic N) is 2. The molecule has 1 fully saturated rings. The summed E-state index contributed by atoms with van der Waals surface area (Å²) in [6.45, 7) is 8.95. The Morgan fingerprint density at radius 3 is 2.65 bits per heavy atom. The number of rotatable bonds is 5. The monoisotopic (exact) mass is 475 g/mol. The maximum Gasteiger partial charge on any atom is 0.310 e. The first kappa shape index (κ1) is 22.5. The summed E-state index contributed by atoms with van der Waals surface area (Å²) in [5.41, 5.74) is 2.25. The third-order valence-electron chi connectivity index (χ3n) is 4.51. The highest BCUT2D eigenvalue weighted by Crippen LogP contribution is 2.24. The minimum atomic E-state index is -0.144. The van der Waals surface area contributed by atoms with Crippen LogP contribution >= 0.6 is 24.0 Å². The first-order chi connectivity index (χ1) is 12.0. The van der Waals surface area contributed by atoms with Gasteiger partial charge in [0.15, 0.2) is 5.96 Å². The van der Waals surface area contributed by atoms with Crippen LogP contribution < -0.4 is 10.1 Å². The summed E-state index contributed by atoms with van der Waals surface area (Å²) < 4.78 is 10.3. The second kappa shape index (κ2) is 10.6. The Morgan fingerprint density at radius 2 is 2.04 bits per heavy atom. The molecular formula is C19H30IN3O3. The van der Waals surface area contributed by atoms with E-state index in [-0.39, 0.29) is 41.8 Å². The molecule has 1 heterocycles. The van der Waals surface area contributed by atoms with Crippen molar-refractivity contribution >= 4 is 35.9 Å². The zero-order valence-corrected chi connectivity index (χ0v) is 18.6. The van der Waals surface area contributed by atoms with Crippen molar-refractivity contribution in [1.29, 1.82) is 0 Å². The number of aliphatic imine (C=N–C) groups is 1. The van der Waals surface area contributed by atoms with E-state index in [2.05, 4.69) is 23.2 Å². The predicted octanol–water partition coefficient (Wildman–Crippen LogP) is 2.83. The van der Waals surface area contributed by atoms with Crippen molar-refractivity contribution < 1.29 is 14.3 Å². The van der Waals surface area contributed by atoms with E-state index in [4.69, 9.17) is 14.5 Å².